The molecule has 1 aliphatic carbocycles. The van der Waals surface area contributed by atoms with Crippen LogP contribution in [-0.2, 0) is 0 Å². The first-order valence-electron chi connectivity index (χ1n) is 13.1. The number of hydrogen-bond donors (Lipinski definition) is 3. The van der Waals surface area contributed by atoms with Gasteiger partial charge in [-0.05, 0) is 56.4 Å². The third-order valence-corrected chi connectivity index (χ3v) is 7.26. The minimum atomic E-state index is -0.340. The summed E-state index contributed by atoms with van der Waals surface area (Å²) in [4.78, 5) is 49.7. The van der Waals surface area contributed by atoms with Crippen LogP contribution in [0.1, 0.15) is 52.8 Å². The Bertz CT molecular complexity index is 1600. The summed E-state index contributed by atoms with van der Waals surface area (Å²) in [6.07, 6.45) is 9.71. The second kappa shape index (κ2) is 10.2. The number of likely N-dealkylation sites (tertiary alicyclic amines) is 1. The van der Waals surface area contributed by atoms with E-state index in [0.29, 0.717) is 34.2 Å². The number of anilines is 3. The fraction of sp³-hybridized carbons (Fsp3) is 0.333. The van der Waals surface area contributed by atoms with Gasteiger partial charge >= 0.3 is 0 Å². The Labute approximate surface area is 224 Å². The Morgan fingerprint density at radius 1 is 1.05 bits per heavy atom. The number of aromatic nitrogens is 5. The van der Waals surface area contributed by atoms with E-state index in [1.807, 2.05) is 4.90 Å². The van der Waals surface area contributed by atoms with Gasteiger partial charge in [0, 0.05) is 44.6 Å². The Morgan fingerprint density at radius 3 is 2.56 bits per heavy atom. The molecule has 1 saturated heterocycles. The Hall–Kier alpha value is -4.74. The lowest BCUT2D eigenvalue weighted by Crippen LogP contribution is -2.39. The topological polar surface area (TPSA) is 139 Å². The minimum Gasteiger partial charge on any atom is -0.373 e. The molecule has 12 nitrogen and oxygen atoms in total. The number of nitrogens with one attached hydrogen (secondary N) is 3. The van der Waals surface area contributed by atoms with Crippen LogP contribution in [0, 0.1) is 0 Å². The van der Waals surface area contributed by atoms with Gasteiger partial charge < -0.3 is 20.9 Å². The molecule has 0 atom stereocenters. The molecule has 0 aromatic carbocycles. The number of rotatable bonds is 7. The number of carbonyl (C=O) groups excluding carboxylic acids is 2. The third kappa shape index (κ3) is 4.69. The van der Waals surface area contributed by atoms with Crippen LogP contribution in [0.25, 0.3) is 11.5 Å². The van der Waals surface area contributed by atoms with Gasteiger partial charge in [0.1, 0.15) is 28.7 Å². The lowest BCUT2D eigenvalue weighted by Gasteiger charge is -2.26. The minimum absolute atomic E-state index is 0.0447. The average Bonchev–Trinajstić information content (AvgIpc) is 3.62. The summed E-state index contributed by atoms with van der Waals surface area (Å²) in [6.45, 7) is 1.52. The van der Waals surface area contributed by atoms with Crippen molar-refractivity contribution < 1.29 is 9.59 Å². The maximum absolute atomic E-state index is 13.4. The molecule has 4 aromatic heterocycles. The first kappa shape index (κ1) is 24.6. The normalized spacial score (nSPS) is 15.3. The summed E-state index contributed by atoms with van der Waals surface area (Å²) in [7, 11) is 1.74. The monoisotopic (exact) mass is 527 g/mol. The van der Waals surface area contributed by atoms with Crippen molar-refractivity contribution in [2.24, 2.45) is 0 Å². The fourth-order valence-corrected chi connectivity index (χ4v) is 4.85. The van der Waals surface area contributed by atoms with Gasteiger partial charge in [-0.25, -0.2) is 9.97 Å². The highest BCUT2D eigenvalue weighted by Crippen LogP contribution is 2.23. The maximum Gasteiger partial charge on any atom is 0.279 e. The van der Waals surface area contributed by atoms with E-state index in [0.717, 1.165) is 45.2 Å². The number of hydrogen-bond acceptors (Lipinski definition) is 8. The molecule has 2 fully saturated rings. The maximum atomic E-state index is 13.4. The van der Waals surface area contributed by atoms with Crippen molar-refractivity contribution >= 4 is 34.8 Å². The molecule has 12 heteroatoms. The van der Waals surface area contributed by atoms with Crippen LogP contribution in [0.4, 0.5) is 17.3 Å². The van der Waals surface area contributed by atoms with Crippen molar-refractivity contribution in [1.29, 1.82) is 0 Å². The lowest BCUT2D eigenvalue weighted by atomic mass is 9.93. The number of fused-ring (bicyclic) bond motifs is 1. The first-order valence-corrected chi connectivity index (χ1v) is 13.1. The molecule has 2 amide bonds. The number of carbonyl (C=O) groups is 2. The van der Waals surface area contributed by atoms with Crippen LogP contribution >= 0.6 is 0 Å². The predicted molar refractivity (Wildman–Crippen MR) is 146 cm³/mol. The number of amides is 2. The van der Waals surface area contributed by atoms with Gasteiger partial charge in [0.05, 0.1) is 11.8 Å². The van der Waals surface area contributed by atoms with E-state index in [-0.39, 0.29) is 29.1 Å². The molecule has 0 radical (unpaired) electrons. The molecule has 39 heavy (non-hydrogen) atoms. The number of nitrogens with zero attached hydrogens (tertiary/aromatic N) is 6. The molecule has 3 N–H and O–H groups in total. The molecule has 1 saturated carbocycles. The molecular formula is C27H29N9O3. The summed E-state index contributed by atoms with van der Waals surface area (Å²) < 4.78 is 2.96. The van der Waals surface area contributed by atoms with Gasteiger partial charge in [0.15, 0.2) is 5.65 Å². The first-order chi connectivity index (χ1) is 19.0. The Morgan fingerprint density at radius 2 is 1.87 bits per heavy atom. The van der Waals surface area contributed by atoms with Gasteiger partial charge in [0.2, 0.25) is 0 Å². The fourth-order valence-electron chi connectivity index (χ4n) is 4.85. The van der Waals surface area contributed by atoms with Crippen LogP contribution in [0.2, 0.25) is 0 Å². The molecule has 1 aliphatic heterocycles. The molecule has 0 spiro atoms. The molecular weight excluding hydrogens is 498 g/mol. The predicted octanol–water partition coefficient (Wildman–Crippen LogP) is 2.58. The van der Waals surface area contributed by atoms with E-state index in [9.17, 15) is 14.4 Å². The van der Waals surface area contributed by atoms with Gasteiger partial charge in [-0.2, -0.15) is 9.61 Å². The summed E-state index contributed by atoms with van der Waals surface area (Å²) in [5, 5.41) is 13.5. The summed E-state index contributed by atoms with van der Waals surface area (Å²) in [6, 6.07) is 8.62. The van der Waals surface area contributed by atoms with E-state index >= 15 is 0 Å². The molecule has 4 aromatic rings. The summed E-state index contributed by atoms with van der Waals surface area (Å²) in [5.74, 6) is 1.10. The Kier molecular flexibility index (Phi) is 6.43. The molecule has 200 valence electrons. The van der Waals surface area contributed by atoms with Crippen LogP contribution in [0.5, 0.6) is 0 Å². The van der Waals surface area contributed by atoms with Crippen molar-refractivity contribution in [3.63, 3.8) is 0 Å². The average molecular weight is 528 g/mol. The van der Waals surface area contributed by atoms with Crippen LogP contribution < -0.4 is 21.5 Å². The summed E-state index contributed by atoms with van der Waals surface area (Å²) in [5.41, 5.74) is 1.17. The SMILES string of the molecule is CNc1cc(Nc2cccn(-c3ccc(C(=O)N4CCCC4)cn3)c2=O)nc2c(C(=O)NC3CCC3)cnn12. The van der Waals surface area contributed by atoms with Crippen molar-refractivity contribution in [2.45, 2.75) is 38.1 Å². The third-order valence-electron chi connectivity index (χ3n) is 7.26. The van der Waals surface area contributed by atoms with Crippen LogP contribution in [0.3, 0.4) is 0 Å². The van der Waals surface area contributed by atoms with Crippen molar-refractivity contribution in [3.8, 4) is 5.82 Å². The van der Waals surface area contributed by atoms with Gasteiger partial charge in [-0.1, -0.05) is 0 Å². The zero-order chi connectivity index (χ0) is 26.9. The van der Waals surface area contributed by atoms with Crippen molar-refractivity contribution in [1.82, 2.24) is 34.4 Å². The zero-order valence-electron chi connectivity index (χ0n) is 21.6. The van der Waals surface area contributed by atoms with E-state index in [2.05, 4.69) is 31.0 Å². The second-order valence-electron chi connectivity index (χ2n) is 9.80. The van der Waals surface area contributed by atoms with Crippen molar-refractivity contribution in [3.05, 3.63) is 70.4 Å². The van der Waals surface area contributed by atoms with Crippen LogP contribution in [0.15, 0.2) is 53.7 Å². The number of pyridine rings is 2. The Balaban J connectivity index is 1.28. The molecule has 6 rings (SSSR count). The smallest absolute Gasteiger partial charge is 0.279 e. The van der Waals surface area contributed by atoms with E-state index < -0.39 is 0 Å². The molecule has 0 bridgehead atoms. The quantitative estimate of drug-likeness (QED) is 0.333. The highest BCUT2D eigenvalue weighted by Gasteiger charge is 2.24. The standard InChI is InChI=1S/C27H29N9O3/c1-28-23-14-21(33-24-19(16-30-36(23)24)25(37)31-18-6-4-7-18)32-20-8-5-13-35(27(20)39)22-10-9-17(15-29-22)26(38)34-11-2-3-12-34/h5,8-10,13-16,18,28H,2-4,6-7,11-12H2,1H3,(H,31,37)(H,32,33). The van der Waals surface area contributed by atoms with E-state index in [1.54, 1.807) is 48.1 Å². The zero-order valence-corrected chi connectivity index (χ0v) is 21.6. The van der Waals surface area contributed by atoms with Gasteiger partial charge in [0.25, 0.3) is 17.4 Å². The highest BCUT2D eigenvalue weighted by atomic mass is 16.2. The van der Waals surface area contributed by atoms with E-state index in [1.165, 1.54) is 17.0 Å². The molecule has 5 heterocycles. The second-order valence-corrected chi connectivity index (χ2v) is 9.80. The highest BCUT2D eigenvalue weighted by molar-refractivity contribution is 6.00. The van der Waals surface area contributed by atoms with E-state index in [4.69, 9.17) is 0 Å². The van der Waals surface area contributed by atoms with Gasteiger partial charge in [-0.3, -0.25) is 19.0 Å². The summed E-state index contributed by atoms with van der Waals surface area (Å²) >= 11 is 0. The van der Waals surface area contributed by atoms with Gasteiger partial charge in [-0.15, -0.1) is 0 Å². The molecule has 2 aliphatic rings. The van der Waals surface area contributed by atoms with Crippen molar-refractivity contribution in [2.75, 3.05) is 30.8 Å². The largest absolute Gasteiger partial charge is 0.373 e. The lowest BCUT2D eigenvalue weighted by molar-refractivity contribution is 0.0792. The van der Waals surface area contributed by atoms with Crippen LogP contribution in [-0.4, -0.2) is 67.0 Å². The molecule has 0 unspecified atom stereocenters.